The van der Waals surface area contributed by atoms with Crippen molar-refractivity contribution in [3.63, 3.8) is 0 Å². The zero-order chi connectivity index (χ0) is 17.9. The van der Waals surface area contributed by atoms with Gasteiger partial charge in [-0.3, -0.25) is 0 Å². The van der Waals surface area contributed by atoms with Gasteiger partial charge >= 0.3 is 0 Å². The first-order valence-electron chi connectivity index (χ1n) is 8.28. The standard InChI is InChI=1S/C19H17ClN4OS/c20-15-7-3-1-5-12(15)11-26-19-24-23-18(25-19)16(21)9-13-10-22-17-8-4-2-6-14(13)17/h1-8,10,16,22H,9,11,21H2/p+1/t16-/m0/s1. The Bertz CT molecular complexity index is 1030. The number of rotatable bonds is 6. The largest absolute Gasteiger partial charge is 0.410 e. The first kappa shape index (κ1) is 17.1. The number of aromatic nitrogens is 3. The lowest BCUT2D eigenvalue weighted by molar-refractivity contribution is -0.431. The van der Waals surface area contributed by atoms with Crippen molar-refractivity contribution in [1.82, 2.24) is 15.2 Å². The quantitative estimate of drug-likeness (QED) is 0.491. The molecule has 4 rings (SSSR count). The molecular formula is C19H18ClN4OS+. The van der Waals surface area contributed by atoms with E-state index in [2.05, 4.69) is 33.0 Å². The van der Waals surface area contributed by atoms with Gasteiger partial charge in [0.05, 0.1) is 0 Å². The Morgan fingerprint density at radius 3 is 2.77 bits per heavy atom. The molecule has 0 saturated carbocycles. The minimum atomic E-state index is -0.101. The Morgan fingerprint density at radius 2 is 1.88 bits per heavy atom. The Balaban J connectivity index is 1.43. The number of para-hydroxylation sites is 1. The lowest BCUT2D eigenvalue weighted by Gasteiger charge is -2.03. The van der Waals surface area contributed by atoms with Gasteiger partial charge < -0.3 is 15.1 Å². The molecule has 0 spiro atoms. The van der Waals surface area contributed by atoms with E-state index in [0.29, 0.717) is 16.9 Å². The van der Waals surface area contributed by atoms with E-state index in [0.717, 1.165) is 22.5 Å². The molecule has 1 atom stereocenters. The molecule has 0 aliphatic rings. The van der Waals surface area contributed by atoms with Gasteiger partial charge in [0.15, 0.2) is 6.04 Å². The van der Waals surface area contributed by atoms with Gasteiger partial charge in [-0.2, -0.15) is 0 Å². The molecule has 0 unspecified atom stereocenters. The fraction of sp³-hybridized carbons (Fsp3) is 0.158. The highest BCUT2D eigenvalue weighted by Gasteiger charge is 2.20. The predicted octanol–water partition coefficient (Wildman–Crippen LogP) is 4.02. The minimum absolute atomic E-state index is 0.101. The summed E-state index contributed by atoms with van der Waals surface area (Å²) in [6.07, 6.45) is 2.76. The molecule has 4 aromatic rings. The topological polar surface area (TPSA) is 82.4 Å². The molecule has 4 N–H and O–H groups in total. The highest BCUT2D eigenvalue weighted by atomic mass is 35.5. The lowest BCUT2D eigenvalue weighted by atomic mass is 10.1. The van der Waals surface area contributed by atoms with Gasteiger partial charge in [0, 0.05) is 34.3 Å². The van der Waals surface area contributed by atoms with Gasteiger partial charge in [-0.15, -0.1) is 10.2 Å². The monoisotopic (exact) mass is 385 g/mol. The zero-order valence-corrected chi connectivity index (χ0v) is 15.6. The summed E-state index contributed by atoms with van der Waals surface area (Å²) in [6.45, 7) is 0. The summed E-state index contributed by atoms with van der Waals surface area (Å²) in [5.74, 6) is 1.24. The van der Waals surface area contributed by atoms with Crippen LogP contribution in [0, 0.1) is 0 Å². The molecule has 0 amide bonds. The van der Waals surface area contributed by atoms with Crippen LogP contribution in [0.25, 0.3) is 10.9 Å². The number of hydrogen-bond donors (Lipinski definition) is 2. The van der Waals surface area contributed by atoms with Crippen molar-refractivity contribution >= 4 is 34.3 Å². The van der Waals surface area contributed by atoms with E-state index in [1.165, 1.54) is 22.7 Å². The van der Waals surface area contributed by atoms with Crippen LogP contribution in [-0.2, 0) is 12.2 Å². The average molecular weight is 386 g/mol. The minimum Gasteiger partial charge on any atom is -0.410 e. The Kier molecular flexibility index (Phi) is 4.97. The van der Waals surface area contributed by atoms with Crippen LogP contribution < -0.4 is 5.73 Å². The number of H-pyrrole nitrogens is 1. The second-order valence-corrected chi connectivity index (χ2v) is 7.38. The van der Waals surface area contributed by atoms with Crippen molar-refractivity contribution in [3.8, 4) is 0 Å². The van der Waals surface area contributed by atoms with Gasteiger partial charge in [-0.1, -0.05) is 59.8 Å². The first-order valence-corrected chi connectivity index (χ1v) is 9.65. The maximum absolute atomic E-state index is 6.18. The van der Waals surface area contributed by atoms with Gasteiger partial charge in [0.2, 0.25) is 0 Å². The highest BCUT2D eigenvalue weighted by molar-refractivity contribution is 7.98. The molecular weight excluding hydrogens is 368 g/mol. The predicted molar refractivity (Wildman–Crippen MR) is 103 cm³/mol. The molecule has 2 aromatic carbocycles. The summed E-state index contributed by atoms with van der Waals surface area (Å²) in [5, 5.41) is 10.8. The zero-order valence-electron chi connectivity index (χ0n) is 14.0. The molecule has 0 aliphatic carbocycles. The molecule has 2 aromatic heterocycles. The van der Waals surface area contributed by atoms with E-state index in [-0.39, 0.29) is 6.04 Å². The van der Waals surface area contributed by atoms with E-state index in [1.807, 2.05) is 42.6 Å². The number of quaternary nitrogens is 1. The molecule has 2 heterocycles. The van der Waals surface area contributed by atoms with Crippen molar-refractivity contribution in [3.05, 3.63) is 76.8 Å². The highest BCUT2D eigenvalue weighted by Crippen LogP contribution is 2.27. The number of hydrogen-bond acceptors (Lipinski definition) is 4. The smallest absolute Gasteiger partial charge is 0.277 e. The van der Waals surface area contributed by atoms with Crippen LogP contribution in [0.1, 0.15) is 23.1 Å². The number of fused-ring (bicyclic) bond motifs is 1. The lowest BCUT2D eigenvalue weighted by Crippen LogP contribution is -2.54. The Morgan fingerprint density at radius 1 is 1.08 bits per heavy atom. The summed E-state index contributed by atoms with van der Waals surface area (Å²) in [6, 6.07) is 15.9. The average Bonchev–Trinajstić information content (AvgIpc) is 3.29. The molecule has 5 nitrogen and oxygen atoms in total. The molecule has 0 bridgehead atoms. The molecule has 7 heteroatoms. The van der Waals surface area contributed by atoms with Gasteiger partial charge in [-0.05, 0) is 23.3 Å². The van der Waals surface area contributed by atoms with E-state index in [4.69, 9.17) is 16.0 Å². The second-order valence-electron chi connectivity index (χ2n) is 6.05. The number of benzene rings is 2. The van der Waals surface area contributed by atoms with Crippen LogP contribution in [0.2, 0.25) is 5.02 Å². The Hall–Kier alpha value is -2.28. The van der Waals surface area contributed by atoms with Crippen molar-refractivity contribution in [1.29, 1.82) is 0 Å². The van der Waals surface area contributed by atoms with Gasteiger partial charge in [0.25, 0.3) is 11.1 Å². The third-order valence-corrected chi connectivity index (χ3v) is 5.46. The summed E-state index contributed by atoms with van der Waals surface area (Å²) in [7, 11) is 0. The van der Waals surface area contributed by atoms with Crippen LogP contribution in [0.5, 0.6) is 0 Å². The van der Waals surface area contributed by atoms with E-state index in [9.17, 15) is 0 Å². The van der Waals surface area contributed by atoms with Crippen molar-refractivity contribution in [2.24, 2.45) is 0 Å². The number of aromatic amines is 1. The molecule has 26 heavy (non-hydrogen) atoms. The summed E-state index contributed by atoms with van der Waals surface area (Å²) < 4.78 is 5.79. The fourth-order valence-electron chi connectivity index (χ4n) is 2.85. The maximum atomic E-state index is 6.18. The van der Waals surface area contributed by atoms with E-state index < -0.39 is 0 Å². The second kappa shape index (κ2) is 7.53. The van der Waals surface area contributed by atoms with Crippen molar-refractivity contribution in [2.45, 2.75) is 23.4 Å². The maximum Gasteiger partial charge on any atom is 0.277 e. The molecule has 0 fully saturated rings. The number of thioether (sulfide) groups is 1. The van der Waals surface area contributed by atoms with Crippen LogP contribution >= 0.6 is 23.4 Å². The van der Waals surface area contributed by atoms with Gasteiger partial charge in [0.1, 0.15) is 0 Å². The summed E-state index contributed by atoms with van der Waals surface area (Å²) in [4.78, 5) is 3.28. The van der Waals surface area contributed by atoms with E-state index >= 15 is 0 Å². The third kappa shape index (κ3) is 3.62. The van der Waals surface area contributed by atoms with Crippen molar-refractivity contribution in [2.75, 3.05) is 0 Å². The van der Waals surface area contributed by atoms with E-state index in [1.54, 1.807) is 0 Å². The normalized spacial score (nSPS) is 12.5. The summed E-state index contributed by atoms with van der Waals surface area (Å²) in [5.41, 5.74) is 7.56. The van der Waals surface area contributed by atoms with Crippen LogP contribution in [0.3, 0.4) is 0 Å². The fourth-order valence-corrected chi connectivity index (χ4v) is 3.91. The molecule has 0 aliphatic heterocycles. The number of nitrogens with zero attached hydrogens (tertiary/aromatic N) is 2. The molecule has 0 saturated heterocycles. The summed E-state index contributed by atoms with van der Waals surface area (Å²) >= 11 is 7.66. The SMILES string of the molecule is [NH3+][C@@H](Cc1c[nH]c2ccccc12)c1nnc(SCc2ccccc2Cl)o1. The molecule has 132 valence electrons. The van der Waals surface area contributed by atoms with Crippen LogP contribution in [0.4, 0.5) is 0 Å². The van der Waals surface area contributed by atoms with Gasteiger partial charge in [-0.25, -0.2) is 0 Å². The third-order valence-electron chi connectivity index (χ3n) is 4.22. The number of nitrogens with one attached hydrogen (secondary N) is 1. The Labute approximate surface area is 159 Å². The number of halogens is 1. The van der Waals surface area contributed by atoms with Crippen LogP contribution in [-0.4, -0.2) is 15.2 Å². The van der Waals surface area contributed by atoms with Crippen LogP contribution in [0.15, 0.2) is 64.4 Å². The molecule has 0 radical (unpaired) electrons. The van der Waals surface area contributed by atoms with Crippen molar-refractivity contribution < 1.29 is 10.2 Å². The first-order chi connectivity index (χ1) is 12.7.